The first-order chi connectivity index (χ1) is 17.4. The van der Waals surface area contributed by atoms with Gasteiger partial charge in [0.15, 0.2) is 11.6 Å². The highest BCUT2D eigenvalue weighted by Crippen LogP contribution is 2.45. The zero-order valence-corrected chi connectivity index (χ0v) is 19.5. The van der Waals surface area contributed by atoms with Crippen LogP contribution in [0.4, 0.5) is 40.8 Å². The normalized spacial score (nSPS) is 12.6. The lowest BCUT2D eigenvalue weighted by Crippen LogP contribution is -2.41. The molecule has 3 aromatic rings. The highest BCUT2D eigenvalue weighted by molar-refractivity contribution is 6.14. The molecule has 2 amide bonds. The number of nitrogens with one attached hydrogen (secondary N) is 2. The van der Waals surface area contributed by atoms with Gasteiger partial charge in [-0.3, -0.25) is 9.80 Å². The van der Waals surface area contributed by atoms with Crippen molar-refractivity contribution in [1.29, 1.82) is 5.26 Å². The molecule has 2 heterocycles. The van der Waals surface area contributed by atoms with E-state index >= 15 is 8.78 Å². The summed E-state index contributed by atoms with van der Waals surface area (Å²) < 4.78 is 45.1. The molecule has 0 atom stereocenters. The number of pyridine rings is 1. The Kier molecular flexibility index (Phi) is 7.38. The van der Waals surface area contributed by atoms with E-state index in [2.05, 4.69) is 15.6 Å². The van der Waals surface area contributed by atoms with Crippen LogP contribution < -0.4 is 26.2 Å². The minimum atomic E-state index is -0.991. The van der Waals surface area contributed by atoms with Crippen molar-refractivity contribution in [3.05, 3.63) is 65.6 Å². The molecule has 1 aromatic heterocycles. The summed E-state index contributed by atoms with van der Waals surface area (Å²) in [6.45, 7) is 3.77. The van der Waals surface area contributed by atoms with Gasteiger partial charge in [-0.25, -0.2) is 22.9 Å². The molecule has 0 saturated carbocycles. The number of amides is 2. The Hall–Kier alpha value is -4.14. The van der Waals surface area contributed by atoms with Crippen molar-refractivity contribution >= 4 is 28.9 Å². The first-order valence-electron chi connectivity index (χ1n) is 11.3. The lowest BCUT2D eigenvalue weighted by atomic mass is 10.0. The van der Waals surface area contributed by atoms with Crippen molar-refractivity contribution in [2.24, 2.45) is 5.73 Å². The first-order valence-corrected chi connectivity index (χ1v) is 11.3. The Labute approximate surface area is 206 Å². The summed E-state index contributed by atoms with van der Waals surface area (Å²) in [6, 6.07) is 8.89. The van der Waals surface area contributed by atoms with Gasteiger partial charge in [-0.1, -0.05) is 6.07 Å². The van der Waals surface area contributed by atoms with Gasteiger partial charge < -0.3 is 16.4 Å². The largest absolute Gasteiger partial charge is 0.384 e. The van der Waals surface area contributed by atoms with Crippen LogP contribution >= 0.6 is 0 Å². The van der Waals surface area contributed by atoms with Crippen LogP contribution in [0.5, 0.6) is 0 Å². The number of halogens is 3. The molecule has 4 N–H and O–H groups in total. The summed E-state index contributed by atoms with van der Waals surface area (Å²) >= 11 is 0. The molecule has 186 valence electrons. The smallest absolute Gasteiger partial charge is 0.334 e. The number of benzene rings is 2. The topological polar surface area (TPSA) is 110 Å². The van der Waals surface area contributed by atoms with E-state index in [1.54, 1.807) is 6.92 Å². The number of urea groups is 1. The number of nitrogens with zero attached hydrogens (tertiary/aromatic N) is 4. The first kappa shape index (κ1) is 25.0. The maximum absolute atomic E-state index is 15.5. The van der Waals surface area contributed by atoms with Crippen molar-refractivity contribution in [1.82, 2.24) is 10.3 Å². The Bertz CT molecular complexity index is 1320. The number of aromatic nitrogens is 1. The molecule has 0 radical (unpaired) electrons. The average Bonchev–Trinajstić information content (AvgIpc) is 2.95. The third kappa shape index (κ3) is 4.68. The second-order valence-corrected chi connectivity index (χ2v) is 7.98. The van der Waals surface area contributed by atoms with Crippen molar-refractivity contribution in [3.8, 4) is 17.2 Å². The summed E-state index contributed by atoms with van der Waals surface area (Å²) in [5.41, 5.74) is 5.75. The second-order valence-electron chi connectivity index (χ2n) is 7.98. The van der Waals surface area contributed by atoms with Gasteiger partial charge in [0.2, 0.25) is 0 Å². The minimum Gasteiger partial charge on any atom is -0.384 e. The second kappa shape index (κ2) is 10.6. The number of carbonyl (C=O) groups is 1. The molecule has 0 saturated heterocycles. The predicted octanol–water partition coefficient (Wildman–Crippen LogP) is 4.10. The van der Waals surface area contributed by atoms with E-state index < -0.39 is 29.2 Å². The van der Waals surface area contributed by atoms with Gasteiger partial charge in [0, 0.05) is 49.5 Å². The number of carbonyl (C=O) groups excluding carboxylic acids is 1. The summed E-state index contributed by atoms with van der Waals surface area (Å²) in [5.74, 6) is -2.48. The van der Waals surface area contributed by atoms with E-state index in [4.69, 9.17) is 5.73 Å². The Morgan fingerprint density at radius 2 is 1.81 bits per heavy atom. The molecular formula is C25H24F3N7O. The molecule has 0 unspecified atom stereocenters. The van der Waals surface area contributed by atoms with Crippen LogP contribution in [0.1, 0.15) is 12.5 Å². The molecule has 36 heavy (non-hydrogen) atoms. The standard InChI is InChI=1S/C25H24F3N7O/c1-2-34-24-19(10-16(26)14-33-24)18-4-3-15(13-30)9-22(18)35(25(34)36)23-20(27)11-17(12-21(23)28)32-8-7-31-6-5-29/h3-4,9-12,14,31-32H,2,5-8,29H2,1H3. The monoisotopic (exact) mass is 495 g/mol. The molecule has 11 heteroatoms. The molecule has 0 spiro atoms. The zero-order valence-electron chi connectivity index (χ0n) is 19.5. The van der Waals surface area contributed by atoms with Gasteiger partial charge in [-0.15, -0.1) is 0 Å². The van der Waals surface area contributed by atoms with E-state index in [0.29, 0.717) is 31.7 Å². The van der Waals surface area contributed by atoms with Gasteiger partial charge in [0.05, 0.1) is 23.5 Å². The third-order valence-electron chi connectivity index (χ3n) is 5.68. The number of fused-ring (bicyclic) bond motifs is 3. The molecule has 0 bridgehead atoms. The van der Waals surface area contributed by atoms with E-state index in [-0.39, 0.29) is 34.9 Å². The average molecular weight is 496 g/mol. The molecule has 2 aromatic carbocycles. The third-order valence-corrected chi connectivity index (χ3v) is 5.68. The lowest BCUT2D eigenvalue weighted by Gasteiger charge is -2.28. The van der Waals surface area contributed by atoms with Gasteiger partial charge >= 0.3 is 6.03 Å². The molecule has 0 aliphatic carbocycles. The minimum absolute atomic E-state index is 0.0353. The van der Waals surface area contributed by atoms with Crippen LogP contribution in [0.15, 0.2) is 42.6 Å². The summed E-state index contributed by atoms with van der Waals surface area (Å²) in [7, 11) is 0. The molecule has 4 rings (SSSR count). The van der Waals surface area contributed by atoms with Gasteiger partial charge in [-0.05, 0) is 37.3 Å². The van der Waals surface area contributed by atoms with Gasteiger partial charge in [-0.2, -0.15) is 5.26 Å². The fourth-order valence-electron chi connectivity index (χ4n) is 4.08. The van der Waals surface area contributed by atoms with Crippen molar-refractivity contribution in [2.45, 2.75) is 6.92 Å². The molecule has 8 nitrogen and oxygen atoms in total. The van der Waals surface area contributed by atoms with Crippen molar-refractivity contribution < 1.29 is 18.0 Å². The molecular weight excluding hydrogens is 471 g/mol. The van der Waals surface area contributed by atoms with Gasteiger partial charge in [0.1, 0.15) is 17.3 Å². The Balaban J connectivity index is 1.84. The summed E-state index contributed by atoms with van der Waals surface area (Å²) in [6.07, 6.45) is 0.970. The maximum atomic E-state index is 15.5. The number of hydrogen-bond acceptors (Lipinski definition) is 6. The highest BCUT2D eigenvalue weighted by atomic mass is 19.1. The molecule has 1 aliphatic rings. The van der Waals surface area contributed by atoms with Gasteiger partial charge in [0.25, 0.3) is 0 Å². The summed E-state index contributed by atoms with van der Waals surface area (Å²) in [5, 5.41) is 15.4. The number of anilines is 4. The zero-order chi connectivity index (χ0) is 25.8. The van der Waals surface area contributed by atoms with Crippen LogP contribution in [0.3, 0.4) is 0 Å². The highest BCUT2D eigenvalue weighted by Gasteiger charge is 2.36. The SMILES string of the molecule is CCN1C(=O)N(c2c(F)cc(NCCNCCN)cc2F)c2cc(C#N)ccc2-c2cc(F)cnc21. The lowest BCUT2D eigenvalue weighted by molar-refractivity contribution is 0.253. The number of nitrogens with two attached hydrogens (primary N) is 1. The van der Waals surface area contributed by atoms with Crippen LogP contribution in [0.2, 0.25) is 0 Å². The quantitative estimate of drug-likeness (QED) is 0.406. The Morgan fingerprint density at radius 3 is 2.47 bits per heavy atom. The Morgan fingerprint density at radius 1 is 1.06 bits per heavy atom. The van der Waals surface area contributed by atoms with Crippen LogP contribution in [-0.2, 0) is 0 Å². The molecule has 1 aliphatic heterocycles. The maximum Gasteiger partial charge on any atom is 0.334 e. The number of nitriles is 1. The van der Waals surface area contributed by atoms with Crippen molar-refractivity contribution in [2.75, 3.05) is 47.8 Å². The van der Waals surface area contributed by atoms with E-state index in [1.807, 2.05) is 6.07 Å². The number of rotatable bonds is 8. The molecule has 0 fully saturated rings. The summed E-state index contributed by atoms with van der Waals surface area (Å²) in [4.78, 5) is 19.9. The van der Waals surface area contributed by atoms with Crippen LogP contribution in [0.25, 0.3) is 11.1 Å². The van der Waals surface area contributed by atoms with Crippen LogP contribution in [0, 0.1) is 28.8 Å². The van der Waals surface area contributed by atoms with E-state index in [0.717, 1.165) is 23.2 Å². The van der Waals surface area contributed by atoms with E-state index in [1.165, 1.54) is 29.2 Å². The predicted molar refractivity (Wildman–Crippen MR) is 132 cm³/mol. The fraction of sp³-hybridized carbons (Fsp3) is 0.240. The van der Waals surface area contributed by atoms with Crippen molar-refractivity contribution in [3.63, 3.8) is 0 Å². The number of hydrogen-bond donors (Lipinski definition) is 3. The van der Waals surface area contributed by atoms with Crippen LogP contribution in [-0.4, -0.2) is 43.7 Å². The van der Waals surface area contributed by atoms with E-state index in [9.17, 15) is 14.4 Å². The fourth-order valence-corrected chi connectivity index (χ4v) is 4.08.